The molecular weight excluding hydrogens is 294 g/mol. The molecule has 2 rings (SSSR count). The minimum absolute atomic E-state index is 0.181. The van der Waals surface area contributed by atoms with Crippen LogP contribution < -0.4 is 9.64 Å². The van der Waals surface area contributed by atoms with Crippen molar-refractivity contribution in [2.24, 2.45) is 0 Å². The molecule has 0 bridgehead atoms. The number of esters is 1. The number of amides is 1. The number of carbonyl (C=O) groups is 2. The summed E-state index contributed by atoms with van der Waals surface area (Å²) in [7, 11) is 3.01. The van der Waals surface area contributed by atoms with E-state index in [1.54, 1.807) is 38.2 Å². The van der Waals surface area contributed by atoms with Crippen LogP contribution in [-0.2, 0) is 9.53 Å². The third kappa shape index (κ3) is 4.10. The van der Waals surface area contributed by atoms with Crippen molar-refractivity contribution in [1.82, 2.24) is 0 Å². The van der Waals surface area contributed by atoms with Crippen LogP contribution in [0.2, 0.25) is 0 Å². The number of carbonyl (C=O) groups excluding carboxylic acids is 2. The lowest BCUT2D eigenvalue weighted by Crippen LogP contribution is -2.38. The summed E-state index contributed by atoms with van der Waals surface area (Å²) in [5, 5.41) is 0. The Morgan fingerprint density at radius 1 is 1.04 bits per heavy atom. The molecule has 5 nitrogen and oxygen atoms in total. The Hall–Kier alpha value is -2.82. The van der Waals surface area contributed by atoms with Crippen molar-refractivity contribution >= 4 is 17.6 Å². The highest BCUT2D eigenvalue weighted by Gasteiger charge is 2.20. The Labute approximate surface area is 135 Å². The van der Waals surface area contributed by atoms with Gasteiger partial charge in [-0.05, 0) is 37.3 Å². The molecule has 0 N–H and O–H groups in total. The van der Waals surface area contributed by atoms with Crippen molar-refractivity contribution in [3.8, 4) is 5.75 Å². The molecule has 0 radical (unpaired) electrons. The smallest absolute Gasteiger partial charge is 0.337 e. The van der Waals surface area contributed by atoms with Gasteiger partial charge in [-0.1, -0.05) is 24.3 Å². The molecule has 0 heterocycles. The molecule has 2 aromatic rings. The molecule has 0 saturated carbocycles. The average molecular weight is 313 g/mol. The summed E-state index contributed by atoms with van der Waals surface area (Å²) in [5.74, 6) is -0.189. The quantitative estimate of drug-likeness (QED) is 0.797. The van der Waals surface area contributed by atoms with Crippen molar-refractivity contribution in [2.75, 3.05) is 19.1 Å². The van der Waals surface area contributed by atoms with Crippen LogP contribution in [0.5, 0.6) is 5.75 Å². The summed E-state index contributed by atoms with van der Waals surface area (Å²) < 4.78 is 10.3. The minimum atomic E-state index is -0.687. The lowest BCUT2D eigenvalue weighted by Gasteiger charge is -2.22. The Bertz CT molecular complexity index is 684. The summed E-state index contributed by atoms with van der Waals surface area (Å²) >= 11 is 0. The van der Waals surface area contributed by atoms with Crippen LogP contribution in [0.1, 0.15) is 17.3 Å². The van der Waals surface area contributed by atoms with Gasteiger partial charge >= 0.3 is 5.97 Å². The highest BCUT2D eigenvalue weighted by atomic mass is 16.5. The fourth-order valence-corrected chi connectivity index (χ4v) is 2.12. The van der Waals surface area contributed by atoms with Gasteiger partial charge in [0.05, 0.1) is 12.7 Å². The summed E-state index contributed by atoms with van der Waals surface area (Å²) in [6.07, 6.45) is -0.687. The molecule has 2 aromatic carbocycles. The number of hydrogen-bond acceptors (Lipinski definition) is 4. The van der Waals surface area contributed by atoms with E-state index in [1.807, 2.05) is 30.3 Å². The van der Waals surface area contributed by atoms with Crippen molar-refractivity contribution in [3.63, 3.8) is 0 Å². The van der Waals surface area contributed by atoms with Crippen molar-refractivity contribution in [1.29, 1.82) is 0 Å². The van der Waals surface area contributed by atoms with E-state index >= 15 is 0 Å². The highest BCUT2D eigenvalue weighted by molar-refractivity contribution is 5.96. The standard InChI is InChI=1S/C18H19NO4/c1-13(17(20)19(2)15-9-5-4-6-10-15)23-16-11-7-8-14(12-16)18(21)22-3/h4-13H,1-3H3. The van der Waals surface area contributed by atoms with Gasteiger partial charge in [0.15, 0.2) is 6.10 Å². The molecule has 0 fully saturated rings. The largest absolute Gasteiger partial charge is 0.481 e. The van der Waals surface area contributed by atoms with Crippen molar-refractivity contribution < 1.29 is 19.1 Å². The van der Waals surface area contributed by atoms with Gasteiger partial charge in [-0.15, -0.1) is 0 Å². The van der Waals surface area contributed by atoms with Gasteiger partial charge in [0.2, 0.25) is 0 Å². The van der Waals surface area contributed by atoms with E-state index in [-0.39, 0.29) is 5.91 Å². The van der Waals surface area contributed by atoms with Crippen LogP contribution in [-0.4, -0.2) is 32.1 Å². The van der Waals surface area contributed by atoms with E-state index in [2.05, 4.69) is 4.74 Å². The third-order valence-electron chi connectivity index (χ3n) is 3.39. The van der Waals surface area contributed by atoms with Gasteiger partial charge in [-0.25, -0.2) is 4.79 Å². The fraction of sp³-hybridized carbons (Fsp3) is 0.222. The van der Waals surface area contributed by atoms with E-state index in [0.717, 1.165) is 5.69 Å². The number of ether oxygens (including phenoxy) is 2. The second-order valence-electron chi connectivity index (χ2n) is 5.01. The maximum atomic E-state index is 12.4. The summed E-state index contributed by atoms with van der Waals surface area (Å²) in [4.78, 5) is 25.5. The zero-order chi connectivity index (χ0) is 16.8. The molecule has 1 amide bonds. The second-order valence-corrected chi connectivity index (χ2v) is 5.01. The molecule has 23 heavy (non-hydrogen) atoms. The van der Waals surface area contributed by atoms with E-state index in [0.29, 0.717) is 11.3 Å². The van der Waals surface area contributed by atoms with Gasteiger partial charge in [0.1, 0.15) is 5.75 Å². The van der Waals surface area contributed by atoms with Gasteiger partial charge in [-0.2, -0.15) is 0 Å². The number of para-hydroxylation sites is 1. The molecule has 0 saturated heterocycles. The Kier molecular flexibility index (Phi) is 5.36. The molecule has 0 aliphatic rings. The van der Waals surface area contributed by atoms with Crippen LogP contribution in [0.3, 0.4) is 0 Å². The number of nitrogens with zero attached hydrogens (tertiary/aromatic N) is 1. The first kappa shape index (κ1) is 16.5. The molecule has 0 aliphatic carbocycles. The van der Waals surface area contributed by atoms with Crippen LogP contribution in [0.4, 0.5) is 5.69 Å². The normalized spacial score (nSPS) is 11.4. The third-order valence-corrected chi connectivity index (χ3v) is 3.39. The van der Waals surface area contributed by atoms with Crippen LogP contribution in [0.15, 0.2) is 54.6 Å². The predicted molar refractivity (Wildman–Crippen MR) is 87.7 cm³/mol. The predicted octanol–water partition coefficient (Wildman–Crippen LogP) is 2.90. The highest BCUT2D eigenvalue weighted by Crippen LogP contribution is 2.18. The zero-order valence-corrected chi connectivity index (χ0v) is 13.4. The van der Waals surface area contributed by atoms with E-state index in [9.17, 15) is 9.59 Å². The number of benzene rings is 2. The van der Waals surface area contributed by atoms with Gasteiger partial charge in [-0.3, -0.25) is 4.79 Å². The first-order chi connectivity index (χ1) is 11.0. The molecule has 0 aliphatic heterocycles. The molecular formula is C18H19NO4. The average Bonchev–Trinajstić information content (AvgIpc) is 2.60. The molecule has 1 atom stereocenters. The second kappa shape index (κ2) is 7.45. The van der Waals surface area contributed by atoms with Gasteiger partial charge in [0, 0.05) is 12.7 Å². The molecule has 5 heteroatoms. The number of likely N-dealkylation sites (N-methyl/N-ethyl adjacent to an activating group) is 1. The minimum Gasteiger partial charge on any atom is -0.481 e. The number of anilines is 1. The first-order valence-electron chi connectivity index (χ1n) is 7.20. The van der Waals surface area contributed by atoms with Crippen LogP contribution in [0.25, 0.3) is 0 Å². The maximum Gasteiger partial charge on any atom is 0.337 e. The van der Waals surface area contributed by atoms with E-state index in [1.165, 1.54) is 12.0 Å². The first-order valence-corrected chi connectivity index (χ1v) is 7.20. The zero-order valence-electron chi connectivity index (χ0n) is 13.4. The lowest BCUT2D eigenvalue weighted by atomic mass is 10.2. The number of hydrogen-bond donors (Lipinski definition) is 0. The Morgan fingerprint density at radius 2 is 1.74 bits per heavy atom. The fourth-order valence-electron chi connectivity index (χ4n) is 2.12. The lowest BCUT2D eigenvalue weighted by molar-refractivity contribution is -0.124. The maximum absolute atomic E-state index is 12.4. The van der Waals surface area contributed by atoms with Crippen LogP contribution >= 0.6 is 0 Å². The summed E-state index contributed by atoms with van der Waals surface area (Å²) in [6.45, 7) is 1.67. The number of rotatable bonds is 5. The monoisotopic (exact) mass is 313 g/mol. The van der Waals surface area contributed by atoms with Crippen molar-refractivity contribution in [2.45, 2.75) is 13.0 Å². The summed E-state index contributed by atoms with van der Waals surface area (Å²) in [5.41, 5.74) is 1.16. The topological polar surface area (TPSA) is 55.8 Å². The summed E-state index contributed by atoms with van der Waals surface area (Å²) in [6, 6.07) is 15.9. The molecule has 0 spiro atoms. The number of methoxy groups -OCH3 is 1. The van der Waals surface area contributed by atoms with Crippen molar-refractivity contribution in [3.05, 3.63) is 60.2 Å². The SMILES string of the molecule is COC(=O)c1cccc(OC(C)C(=O)N(C)c2ccccc2)c1. The van der Waals surface area contributed by atoms with E-state index in [4.69, 9.17) is 4.74 Å². The molecule has 1 unspecified atom stereocenters. The molecule has 120 valence electrons. The Morgan fingerprint density at radius 3 is 2.39 bits per heavy atom. The Balaban J connectivity index is 2.08. The van der Waals surface area contributed by atoms with E-state index < -0.39 is 12.1 Å². The van der Waals surface area contributed by atoms with Crippen LogP contribution in [0, 0.1) is 0 Å². The molecule has 0 aromatic heterocycles. The van der Waals surface area contributed by atoms with Gasteiger partial charge in [0.25, 0.3) is 5.91 Å². The van der Waals surface area contributed by atoms with Gasteiger partial charge < -0.3 is 14.4 Å².